The Morgan fingerprint density at radius 3 is 2.35 bits per heavy atom. The number of fused-ring (bicyclic) bond motifs is 1. The van der Waals surface area contributed by atoms with Crippen molar-refractivity contribution < 1.29 is 13.2 Å². The number of carbonyl (C=O) groups is 1. The van der Waals surface area contributed by atoms with Crippen LogP contribution in [0.5, 0.6) is 0 Å². The van der Waals surface area contributed by atoms with Crippen molar-refractivity contribution in [3.8, 4) is 0 Å². The topological polar surface area (TPSA) is 117 Å². The first-order valence-corrected chi connectivity index (χ1v) is 13.5. The largest absolute Gasteiger partial charge is 0.337 e. The fourth-order valence-electron chi connectivity index (χ4n) is 3.78. The van der Waals surface area contributed by atoms with Crippen LogP contribution in [0.4, 0.5) is 16.6 Å². The number of nitrogens with one attached hydrogen (secondary N) is 2. The van der Waals surface area contributed by atoms with E-state index < -0.39 is 10.0 Å². The van der Waals surface area contributed by atoms with Crippen molar-refractivity contribution in [3.05, 3.63) is 84.2 Å². The maximum absolute atomic E-state index is 12.7. The minimum absolute atomic E-state index is 0.0318. The Hall–Kier alpha value is -4.05. The molecule has 2 amide bonds. The first-order chi connectivity index (χ1) is 17.7. The number of sulfonamides is 1. The summed E-state index contributed by atoms with van der Waals surface area (Å²) in [5.41, 5.74) is 2.66. The van der Waals surface area contributed by atoms with Crippen LogP contribution in [0.3, 0.4) is 0 Å². The zero-order valence-electron chi connectivity index (χ0n) is 21.0. The average Bonchev–Trinajstić information content (AvgIpc) is 2.89. The van der Waals surface area contributed by atoms with Gasteiger partial charge in [-0.25, -0.2) is 32.9 Å². The number of benzene rings is 2. The molecule has 2 aromatic heterocycles. The molecule has 0 bridgehead atoms. The van der Waals surface area contributed by atoms with Crippen LogP contribution in [0.15, 0.2) is 78.0 Å². The maximum Gasteiger partial charge on any atom is 0.322 e. The van der Waals surface area contributed by atoms with E-state index in [2.05, 4.69) is 38.8 Å². The van der Waals surface area contributed by atoms with Gasteiger partial charge in [-0.05, 0) is 60.2 Å². The minimum atomic E-state index is -3.82. The summed E-state index contributed by atoms with van der Waals surface area (Å²) in [6.07, 6.45) is 4.63. The van der Waals surface area contributed by atoms with Crippen LogP contribution >= 0.6 is 0 Å². The van der Waals surface area contributed by atoms with Crippen molar-refractivity contribution in [3.63, 3.8) is 0 Å². The van der Waals surface area contributed by atoms with Gasteiger partial charge in [0.05, 0.1) is 10.4 Å². The number of hydrogen-bond acceptors (Lipinski definition) is 6. The molecule has 0 aliphatic rings. The third-order valence-electron chi connectivity index (χ3n) is 5.73. The number of rotatable bonds is 9. The van der Waals surface area contributed by atoms with E-state index in [-0.39, 0.29) is 16.9 Å². The molecule has 37 heavy (non-hydrogen) atoms. The summed E-state index contributed by atoms with van der Waals surface area (Å²) in [5.74, 6) is 1.04. The van der Waals surface area contributed by atoms with Crippen LogP contribution in [0, 0.1) is 5.92 Å². The van der Waals surface area contributed by atoms with Crippen LogP contribution in [-0.2, 0) is 22.9 Å². The van der Waals surface area contributed by atoms with Crippen LogP contribution in [0.1, 0.15) is 25.0 Å². The minimum Gasteiger partial charge on any atom is -0.337 e. The third kappa shape index (κ3) is 6.79. The molecule has 0 fully saturated rings. The monoisotopic (exact) mass is 518 g/mol. The predicted octanol–water partition coefficient (Wildman–Crippen LogP) is 4.41. The van der Waals surface area contributed by atoms with E-state index in [1.807, 2.05) is 30.3 Å². The van der Waals surface area contributed by atoms with E-state index in [1.54, 1.807) is 37.6 Å². The van der Waals surface area contributed by atoms with E-state index in [0.29, 0.717) is 24.7 Å². The fraction of sp³-hybridized carbons (Fsp3) is 0.259. The number of hydrogen-bond donors (Lipinski definition) is 2. The lowest BCUT2D eigenvalue weighted by molar-refractivity contribution is 0.247. The molecule has 9 nitrogen and oxygen atoms in total. The van der Waals surface area contributed by atoms with Crippen LogP contribution in [0.25, 0.3) is 10.9 Å². The maximum atomic E-state index is 12.7. The molecule has 0 saturated heterocycles. The summed E-state index contributed by atoms with van der Waals surface area (Å²) in [5, 5.41) is 3.88. The highest BCUT2D eigenvalue weighted by Gasteiger charge is 2.16. The Morgan fingerprint density at radius 1 is 0.946 bits per heavy atom. The summed E-state index contributed by atoms with van der Waals surface area (Å²) in [6, 6.07) is 17.7. The third-order valence-corrected chi connectivity index (χ3v) is 7.07. The van der Waals surface area contributed by atoms with Gasteiger partial charge in [-0.3, -0.25) is 4.90 Å². The van der Waals surface area contributed by atoms with Crippen molar-refractivity contribution in [1.82, 2.24) is 20.3 Å². The molecule has 2 N–H and O–H groups in total. The summed E-state index contributed by atoms with van der Waals surface area (Å²) >= 11 is 0. The molecule has 0 aliphatic heterocycles. The van der Waals surface area contributed by atoms with E-state index in [9.17, 15) is 13.2 Å². The molecule has 0 unspecified atom stereocenters. The Labute approximate surface area is 217 Å². The standard InChI is InChI=1S/C27H30N6O3S/c1-19(2)16-21-17-29-26(30-18-21)32-37(35,36)23-11-8-20(9-12-23)14-15-28-27(34)33(3)25-13-10-22-6-4-5-7-24(22)31-25/h4-13,17-19H,14-16H2,1-3H3,(H,28,34)(H,29,30,32). The number of pyridine rings is 1. The Balaban J connectivity index is 1.30. The molecule has 0 aliphatic carbocycles. The van der Waals surface area contributed by atoms with Gasteiger partial charge in [-0.15, -0.1) is 0 Å². The molecule has 2 aromatic carbocycles. The molecule has 2 heterocycles. The van der Waals surface area contributed by atoms with E-state index in [0.717, 1.165) is 28.5 Å². The molecular weight excluding hydrogens is 488 g/mol. The lowest BCUT2D eigenvalue weighted by Gasteiger charge is -2.17. The van der Waals surface area contributed by atoms with E-state index >= 15 is 0 Å². The van der Waals surface area contributed by atoms with Gasteiger partial charge in [0.25, 0.3) is 10.0 Å². The van der Waals surface area contributed by atoms with Gasteiger partial charge in [0.1, 0.15) is 5.82 Å². The molecule has 10 heteroatoms. The van der Waals surface area contributed by atoms with E-state index in [1.165, 1.54) is 17.0 Å². The van der Waals surface area contributed by atoms with Crippen molar-refractivity contribution in [2.45, 2.75) is 31.6 Å². The normalized spacial score (nSPS) is 11.5. The molecule has 0 atom stereocenters. The summed E-state index contributed by atoms with van der Waals surface area (Å²) in [4.78, 5) is 26.9. The van der Waals surface area contributed by atoms with Gasteiger partial charge in [0.2, 0.25) is 5.95 Å². The highest BCUT2D eigenvalue weighted by atomic mass is 32.2. The highest BCUT2D eigenvalue weighted by molar-refractivity contribution is 7.92. The Kier molecular flexibility index (Phi) is 7.98. The van der Waals surface area contributed by atoms with E-state index in [4.69, 9.17) is 0 Å². The van der Waals surface area contributed by atoms with Crippen molar-refractivity contribution >= 4 is 38.7 Å². The Morgan fingerprint density at radius 2 is 1.65 bits per heavy atom. The van der Waals surface area contributed by atoms with Crippen LogP contribution in [0.2, 0.25) is 0 Å². The zero-order valence-corrected chi connectivity index (χ0v) is 21.9. The van der Waals surface area contributed by atoms with Crippen molar-refractivity contribution in [1.29, 1.82) is 0 Å². The van der Waals surface area contributed by atoms with Gasteiger partial charge in [0.15, 0.2) is 0 Å². The molecule has 0 radical (unpaired) electrons. The molecule has 0 spiro atoms. The quantitative estimate of drug-likeness (QED) is 0.339. The second-order valence-corrected chi connectivity index (χ2v) is 10.8. The van der Waals surface area contributed by atoms with Gasteiger partial charge < -0.3 is 5.32 Å². The second kappa shape index (κ2) is 11.3. The van der Waals surface area contributed by atoms with Crippen molar-refractivity contribution in [2.24, 2.45) is 5.92 Å². The smallest absolute Gasteiger partial charge is 0.322 e. The number of anilines is 2. The molecule has 192 valence electrons. The lowest BCUT2D eigenvalue weighted by Crippen LogP contribution is -2.38. The number of amides is 2. The SMILES string of the molecule is CC(C)Cc1cnc(NS(=O)(=O)c2ccc(CCNC(=O)N(C)c3ccc4ccccc4n3)cc2)nc1. The van der Waals surface area contributed by atoms with Gasteiger partial charge in [-0.2, -0.15) is 0 Å². The average molecular weight is 519 g/mol. The highest BCUT2D eigenvalue weighted by Crippen LogP contribution is 2.18. The number of carbonyl (C=O) groups excluding carboxylic acids is 1. The number of para-hydroxylation sites is 1. The first-order valence-electron chi connectivity index (χ1n) is 12.0. The zero-order chi connectivity index (χ0) is 26.4. The number of nitrogens with zero attached hydrogens (tertiary/aromatic N) is 4. The molecular formula is C27H30N6O3S. The summed E-state index contributed by atoms with van der Waals surface area (Å²) in [7, 11) is -2.15. The first kappa shape index (κ1) is 26.0. The summed E-state index contributed by atoms with van der Waals surface area (Å²) in [6.45, 7) is 4.57. The van der Waals surface area contributed by atoms with Crippen LogP contribution in [-0.4, -0.2) is 43.0 Å². The second-order valence-electron chi connectivity index (χ2n) is 9.17. The number of urea groups is 1. The molecule has 4 rings (SSSR count). The van der Waals surface area contributed by atoms with Gasteiger partial charge >= 0.3 is 6.03 Å². The molecule has 4 aromatic rings. The van der Waals surface area contributed by atoms with Gasteiger partial charge in [0, 0.05) is 31.4 Å². The van der Waals surface area contributed by atoms with Gasteiger partial charge in [-0.1, -0.05) is 44.2 Å². The van der Waals surface area contributed by atoms with Crippen LogP contribution < -0.4 is 14.9 Å². The molecule has 0 saturated carbocycles. The lowest BCUT2D eigenvalue weighted by atomic mass is 10.1. The predicted molar refractivity (Wildman–Crippen MR) is 145 cm³/mol. The van der Waals surface area contributed by atoms with Crippen molar-refractivity contribution in [2.75, 3.05) is 23.2 Å². The summed E-state index contributed by atoms with van der Waals surface area (Å²) < 4.78 is 27.8. The number of aromatic nitrogens is 3. The fourth-order valence-corrected chi connectivity index (χ4v) is 4.74. The Bertz CT molecular complexity index is 1470.